The van der Waals surface area contributed by atoms with Gasteiger partial charge in [-0.3, -0.25) is 9.59 Å². The van der Waals surface area contributed by atoms with Crippen molar-refractivity contribution in [3.05, 3.63) is 71.2 Å². The number of benzene rings is 3. The van der Waals surface area contributed by atoms with E-state index in [1.807, 2.05) is 24.3 Å². The number of anilines is 1. The van der Waals surface area contributed by atoms with E-state index in [9.17, 15) is 14.7 Å². The van der Waals surface area contributed by atoms with Crippen LogP contribution >= 0.6 is 11.6 Å². The van der Waals surface area contributed by atoms with Crippen LogP contribution in [0, 0.1) is 0 Å². The van der Waals surface area contributed by atoms with Gasteiger partial charge in [0.2, 0.25) is 11.8 Å². The van der Waals surface area contributed by atoms with Crippen molar-refractivity contribution in [1.29, 1.82) is 0 Å². The Hall–Kier alpha value is -3.38. The third-order valence-corrected chi connectivity index (χ3v) is 4.39. The van der Waals surface area contributed by atoms with Crippen LogP contribution in [0.4, 0.5) is 5.69 Å². The molecule has 7 heteroatoms. The van der Waals surface area contributed by atoms with Gasteiger partial charge in [-0.05, 0) is 29.0 Å². The second-order valence-electron chi connectivity index (χ2n) is 6.04. The molecule has 0 spiro atoms. The number of phenols is 1. The smallest absolute Gasteiger partial charge is 0.240 e. The van der Waals surface area contributed by atoms with Gasteiger partial charge in [0.25, 0.3) is 0 Å². The molecular weight excluding hydrogens is 378 g/mol. The highest BCUT2D eigenvalue weighted by molar-refractivity contribution is 6.33. The molecule has 0 heterocycles. The van der Waals surface area contributed by atoms with Crippen LogP contribution in [0.2, 0.25) is 5.02 Å². The molecular formula is C21H18ClN3O3. The van der Waals surface area contributed by atoms with Crippen molar-refractivity contribution in [2.24, 2.45) is 5.10 Å². The fourth-order valence-corrected chi connectivity index (χ4v) is 2.83. The third kappa shape index (κ3) is 4.86. The van der Waals surface area contributed by atoms with E-state index in [-0.39, 0.29) is 24.5 Å². The molecule has 0 bridgehead atoms. The summed E-state index contributed by atoms with van der Waals surface area (Å²) in [5, 5.41) is 18.8. The van der Waals surface area contributed by atoms with Crippen LogP contribution < -0.4 is 10.7 Å². The second-order valence-corrected chi connectivity index (χ2v) is 6.45. The lowest BCUT2D eigenvalue weighted by Gasteiger charge is -2.06. The number of para-hydroxylation sites is 1. The number of carbonyl (C=O) groups excluding carboxylic acids is 2. The first-order valence-electron chi connectivity index (χ1n) is 8.61. The van der Waals surface area contributed by atoms with Crippen LogP contribution in [0.5, 0.6) is 5.75 Å². The van der Waals surface area contributed by atoms with Gasteiger partial charge in [-0.15, -0.1) is 0 Å². The van der Waals surface area contributed by atoms with Crippen LogP contribution in [-0.4, -0.2) is 23.1 Å². The Morgan fingerprint density at radius 3 is 2.50 bits per heavy atom. The van der Waals surface area contributed by atoms with E-state index < -0.39 is 5.91 Å². The third-order valence-electron chi connectivity index (χ3n) is 4.06. The van der Waals surface area contributed by atoms with Gasteiger partial charge in [-0.1, -0.05) is 54.1 Å². The topological polar surface area (TPSA) is 90.8 Å². The largest absolute Gasteiger partial charge is 0.507 e. The van der Waals surface area contributed by atoms with Crippen molar-refractivity contribution in [2.75, 3.05) is 5.32 Å². The monoisotopic (exact) mass is 395 g/mol. The van der Waals surface area contributed by atoms with E-state index in [0.717, 1.165) is 10.8 Å². The fraction of sp³-hybridized carbons (Fsp3) is 0.0952. The second kappa shape index (κ2) is 9.01. The van der Waals surface area contributed by atoms with Crippen molar-refractivity contribution in [2.45, 2.75) is 12.8 Å². The number of carbonyl (C=O) groups is 2. The predicted octanol–water partition coefficient (Wildman–Crippen LogP) is 4.07. The fourth-order valence-electron chi connectivity index (χ4n) is 2.65. The molecule has 0 fully saturated rings. The highest BCUT2D eigenvalue weighted by atomic mass is 35.5. The molecule has 0 unspecified atom stereocenters. The quantitative estimate of drug-likeness (QED) is 0.434. The van der Waals surface area contributed by atoms with Gasteiger partial charge in [0.1, 0.15) is 5.75 Å². The number of hydrogen-bond donors (Lipinski definition) is 3. The first-order valence-corrected chi connectivity index (χ1v) is 8.99. The number of rotatable bonds is 6. The average Bonchev–Trinajstić information content (AvgIpc) is 2.70. The Bertz CT molecular complexity index is 1050. The summed E-state index contributed by atoms with van der Waals surface area (Å²) >= 11 is 5.98. The predicted molar refractivity (Wildman–Crippen MR) is 111 cm³/mol. The summed E-state index contributed by atoms with van der Waals surface area (Å²) in [7, 11) is 0. The summed E-state index contributed by atoms with van der Waals surface area (Å²) in [6.07, 6.45) is 1.35. The number of phenolic OH excluding ortho intramolecular Hbond substituents is 1. The summed E-state index contributed by atoms with van der Waals surface area (Å²) in [5.41, 5.74) is 3.38. The van der Waals surface area contributed by atoms with Crippen molar-refractivity contribution in [3.8, 4) is 5.75 Å². The first-order chi connectivity index (χ1) is 13.5. The van der Waals surface area contributed by atoms with Gasteiger partial charge in [-0.2, -0.15) is 5.10 Å². The highest BCUT2D eigenvalue weighted by Gasteiger charge is 2.09. The standard InChI is InChI=1S/C21H18ClN3O3/c22-17-7-3-4-8-18(17)24-20(27)11-12-21(28)25-23-13-16-15-6-2-1-5-14(15)9-10-19(16)26/h1-10,13,26H,11-12H2,(H,24,27)(H,25,28). The van der Waals surface area contributed by atoms with Gasteiger partial charge in [0, 0.05) is 18.4 Å². The zero-order chi connectivity index (χ0) is 19.9. The van der Waals surface area contributed by atoms with Gasteiger partial charge >= 0.3 is 0 Å². The molecule has 0 aliphatic rings. The van der Waals surface area contributed by atoms with Gasteiger partial charge < -0.3 is 10.4 Å². The number of aromatic hydroxyl groups is 1. The molecule has 0 aromatic heterocycles. The SMILES string of the molecule is O=C(CCC(=O)Nc1ccccc1Cl)NN=Cc1c(O)ccc2ccccc12. The Kier molecular flexibility index (Phi) is 6.24. The van der Waals surface area contributed by atoms with Crippen LogP contribution in [-0.2, 0) is 9.59 Å². The molecule has 142 valence electrons. The zero-order valence-corrected chi connectivity index (χ0v) is 15.6. The summed E-state index contributed by atoms with van der Waals surface area (Å²) < 4.78 is 0. The van der Waals surface area contributed by atoms with Crippen molar-refractivity contribution in [1.82, 2.24) is 5.43 Å². The lowest BCUT2D eigenvalue weighted by molar-refractivity contribution is -0.124. The van der Waals surface area contributed by atoms with E-state index in [0.29, 0.717) is 16.3 Å². The summed E-state index contributed by atoms with van der Waals surface area (Å²) in [5.74, 6) is -0.667. The molecule has 28 heavy (non-hydrogen) atoms. The van der Waals surface area contributed by atoms with Gasteiger partial charge in [0.05, 0.1) is 16.9 Å². The first kappa shape index (κ1) is 19.4. The molecule has 0 atom stereocenters. The average molecular weight is 396 g/mol. The van der Waals surface area contributed by atoms with E-state index in [4.69, 9.17) is 11.6 Å². The minimum absolute atomic E-state index is 0.00784. The molecule has 0 radical (unpaired) electrons. The number of hydrogen-bond acceptors (Lipinski definition) is 4. The molecule has 0 saturated carbocycles. The Morgan fingerprint density at radius 2 is 1.68 bits per heavy atom. The Labute approximate surface area is 166 Å². The maximum Gasteiger partial charge on any atom is 0.240 e. The molecule has 3 aromatic carbocycles. The molecule has 3 N–H and O–H groups in total. The number of halogens is 1. The Balaban J connectivity index is 1.54. The molecule has 2 amide bonds. The van der Waals surface area contributed by atoms with Crippen molar-refractivity contribution < 1.29 is 14.7 Å². The Morgan fingerprint density at radius 1 is 0.964 bits per heavy atom. The number of fused-ring (bicyclic) bond motifs is 1. The molecule has 6 nitrogen and oxygen atoms in total. The maximum absolute atomic E-state index is 11.9. The maximum atomic E-state index is 11.9. The minimum Gasteiger partial charge on any atom is -0.507 e. The molecule has 0 aliphatic carbocycles. The number of amides is 2. The zero-order valence-electron chi connectivity index (χ0n) is 14.9. The van der Waals surface area contributed by atoms with Crippen molar-refractivity contribution in [3.63, 3.8) is 0 Å². The lowest BCUT2D eigenvalue weighted by atomic mass is 10.0. The van der Waals surface area contributed by atoms with E-state index in [2.05, 4.69) is 15.8 Å². The van der Waals surface area contributed by atoms with Gasteiger partial charge in [-0.25, -0.2) is 5.43 Å². The number of nitrogens with one attached hydrogen (secondary N) is 2. The van der Waals surface area contributed by atoms with Crippen LogP contribution in [0.3, 0.4) is 0 Å². The van der Waals surface area contributed by atoms with Crippen LogP contribution in [0.15, 0.2) is 65.8 Å². The highest BCUT2D eigenvalue weighted by Crippen LogP contribution is 2.25. The number of hydrazone groups is 1. The van der Waals surface area contributed by atoms with Crippen LogP contribution in [0.25, 0.3) is 10.8 Å². The molecule has 3 rings (SSSR count). The summed E-state index contributed by atoms with van der Waals surface area (Å²) in [6, 6.07) is 17.8. The normalized spacial score (nSPS) is 10.9. The molecule has 0 aliphatic heterocycles. The van der Waals surface area contributed by atoms with E-state index in [1.165, 1.54) is 6.21 Å². The minimum atomic E-state index is -0.412. The summed E-state index contributed by atoms with van der Waals surface area (Å²) in [4.78, 5) is 23.8. The number of nitrogens with zero attached hydrogens (tertiary/aromatic N) is 1. The van der Waals surface area contributed by atoms with Crippen LogP contribution in [0.1, 0.15) is 18.4 Å². The lowest BCUT2D eigenvalue weighted by Crippen LogP contribution is -2.20. The molecule has 3 aromatic rings. The van der Waals surface area contributed by atoms with Gasteiger partial charge in [0.15, 0.2) is 0 Å². The van der Waals surface area contributed by atoms with E-state index >= 15 is 0 Å². The molecule has 0 saturated heterocycles. The van der Waals surface area contributed by atoms with E-state index in [1.54, 1.807) is 36.4 Å². The van der Waals surface area contributed by atoms with Crippen molar-refractivity contribution >= 4 is 46.1 Å². The summed E-state index contributed by atoms with van der Waals surface area (Å²) in [6.45, 7) is 0.